The molecule has 0 radical (unpaired) electrons. The minimum Gasteiger partial charge on any atom is -0.396 e. The van der Waals surface area contributed by atoms with Crippen molar-refractivity contribution in [3.05, 3.63) is 35.4 Å². The van der Waals surface area contributed by atoms with Gasteiger partial charge >= 0.3 is 0 Å². The number of hydrogen-bond acceptors (Lipinski definition) is 2. The smallest absolute Gasteiger partial charge is 0.251 e. The van der Waals surface area contributed by atoms with Gasteiger partial charge in [0.15, 0.2) is 0 Å². The van der Waals surface area contributed by atoms with E-state index in [1.54, 1.807) is 0 Å². The zero-order valence-electron chi connectivity index (χ0n) is 11.6. The standard InChI is InChI=1S/C16H23NO2/c1-12-6-8-13(9-7-12)16(19)17-10-14-4-2-3-5-15(14)11-18/h6-9,14-15,18H,2-5,10-11H2,1H3,(H,17,19). The van der Waals surface area contributed by atoms with Crippen LogP contribution in [-0.4, -0.2) is 24.2 Å². The molecule has 0 saturated heterocycles. The summed E-state index contributed by atoms with van der Waals surface area (Å²) in [7, 11) is 0. The summed E-state index contributed by atoms with van der Waals surface area (Å²) in [5, 5.41) is 12.4. The van der Waals surface area contributed by atoms with Crippen LogP contribution in [0.25, 0.3) is 0 Å². The molecule has 1 aliphatic carbocycles. The number of rotatable bonds is 4. The van der Waals surface area contributed by atoms with Gasteiger partial charge in [0.05, 0.1) is 0 Å². The molecule has 1 aromatic rings. The molecule has 104 valence electrons. The lowest BCUT2D eigenvalue weighted by molar-refractivity contribution is 0.0909. The average molecular weight is 261 g/mol. The van der Waals surface area contributed by atoms with Gasteiger partial charge in [0.1, 0.15) is 0 Å². The van der Waals surface area contributed by atoms with Gasteiger partial charge < -0.3 is 10.4 Å². The predicted molar refractivity (Wildman–Crippen MR) is 76.0 cm³/mol. The zero-order valence-corrected chi connectivity index (χ0v) is 11.6. The Kier molecular flexibility index (Phi) is 4.97. The van der Waals surface area contributed by atoms with Gasteiger partial charge in [-0.3, -0.25) is 4.79 Å². The number of nitrogens with one attached hydrogen (secondary N) is 1. The third kappa shape index (κ3) is 3.80. The van der Waals surface area contributed by atoms with Gasteiger partial charge in [-0.05, 0) is 43.7 Å². The topological polar surface area (TPSA) is 49.3 Å². The maximum Gasteiger partial charge on any atom is 0.251 e. The number of aliphatic hydroxyl groups is 1. The summed E-state index contributed by atoms with van der Waals surface area (Å²) in [4.78, 5) is 12.0. The molecular formula is C16H23NO2. The summed E-state index contributed by atoms with van der Waals surface area (Å²) in [6.45, 7) is 2.93. The molecule has 2 N–H and O–H groups in total. The molecule has 0 bridgehead atoms. The van der Waals surface area contributed by atoms with E-state index in [9.17, 15) is 9.90 Å². The molecule has 3 heteroatoms. The van der Waals surface area contributed by atoms with Crippen LogP contribution in [0, 0.1) is 18.8 Å². The van der Waals surface area contributed by atoms with E-state index >= 15 is 0 Å². The van der Waals surface area contributed by atoms with E-state index in [0.29, 0.717) is 23.9 Å². The first-order valence-corrected chi connectivity index (χ1v) is 7.16. The average Bonchev–Trinajstić information content (AvgIpc) is 2.45. The molecule has 2 atom stereocenters. The van der Waals surface area contributed by atoms with Crippen molar-refractivity contribution in [2.45, 2.75) is 32.6 Å². The van der Waals surface area contributed by atoms with Gasteiger partial charge in [-0.2, -0.15) is 0 Å². The summed E-state index contributed by atoms with van der Waals surface area (Å²) >= 11 is 0. The molecule has 2 rings (SSSR count). The quantitative estimate of drug-likeness (QED) is 0.875. The van der Waals surface area contributed by atoms with E-state index in [-0.39, 0.29) is 12.5 Å². The fraction of sp³-hybridized carbons (Fsp3) is 0.562. The first-order chi connectivity index (χ1) is 9.20. The third-order valence-corrected chi connectivity index (χ3v) is 4.14. The number of aryl methyl sites for hydroxylation is 1. The van der Waals surface area contributed by atoms with Crippen LogP contribution in [0.2, 0.25) is 0 Å². The highest BCUT2D eigenvalue weighted by Crippen LogP contribution is 2.29. The lowest BCUT2D eigenvalue weighted by Crippen LogP contribution is -2.35. The fourth-order valence-corrected chi connectivity index (χ4v) is 2.82. The summed E-state index contributed by atoms with van der Waals surface area (Å²) in [6, 6.07) is 7.61. The van der Waals surface area contributed by atoms with Crippen LogP contribution in [0.5, 0.6) is 0 Å². The number of hydrogen-bond donors (Lipinski definition) is 2. The monoisotopic (exact) mass is 261 g/mol. The maximum absolute atomic E-state index is 12.0. The van der Waals surface area contributed by atoms with Crippen LogP contribution >= 0.6 is 0 Å². The molecule has 0 heterocycles. The summed E-state index contributed by atoms with van der Waals surface area (Å²) in [5.41, 5.74) is 1.87. The number of amides is 1. The van der Waals surface area contributed by atoms with Crippen molar-refractivity contribution in [1.82, 2.24) is 5.32 Å². The van der Waals surface area contributed by atoms with E-state index in [2.05, 4.69) is 5.32 Å². The Bertz CT molecular complexity index is 413. The molecule has 0 aromatic heterocycles. The highest BCUT2D eigenvalue weighted by molar-refractivity contribution is 5.94. The van der Waals surface area contributed by atoms with Crippen LogP contribution in [0.4, 0.5) is 0 Å². The second-order valence-electron chi connectivity index (χ2n) is 5.56. The minimum absolute atomic E-state index is 0.0118. The van der Waals surface area contributed by atoms with Crippen molar-refractivity contribution >= 4 is 5.91 Å². The Morgan fingerprint density at radius 2 is 1.84 bits per heavy atom. The molecule has 3 nitrogen and oxygen atoms in total. The molecule has 1 fully saturated rings. The normalized spacial score (nSPS) is 23.1. The number of carbonyl (C=O) groups is 1. The summed E-state index contributed by atoms with van der Waals surface area (Å²) < 4.78 is 0. The van der Waals surface area contributed by atoms with E-state index in [4.69, 9.17) is 0 Å². The second-order valence-corrected chi connectivity index (χ2v) is 5.56. The van der Waals surface area contributed by atoms with Gasteiger partial charge in [0.25, 0.3) is 5.91 Å². The van der Waals surface area contributed by atoms with Crippen LogP contribution < -0.4 is 5.32 Å². The van der Waals surface area contributed by atoms with Crippen molar-refractivity contribution in [3.8, 4) is 0 Å². The molecular weight excluding hydrogens is 238 g/mol. The Morgan fingerprint density at radius 1 is 1.21 bits per heavy atom. The third-order valence-electron chi connectivity index (χ3n) is 4.14. The molecule has 2 unspecified atom stereocenters. The van der Waals surface area contributed by atoms with Crippen LogP contribution in [-0.2, 0) is 0 Å². The van der Waals surface area contributed by atoms with Gasteiger partial charge in [-0.1, -0.05) is 30.5 Å². The zero-order chi connectivity index (χ0) is 13.7. The molecule has 1 saturated carbocycles. The summed E-state index contributed by atoms with van der Waals surface area (Å²) in [6.07, 6.45) is 4.61. The largest absolute Gasteiger partial charge is 0.396 e. The first-order valence-electron chi connectivity index (χ1n) is 7.16. The van der Waals surface area contributed by atoms with Crippen LogP contribution in [0.1, 0.15) is 41.6 Å². The van der Waals surface area contributed by atoms with Gasteiger partial charge in [0, 0.05) is 18.7 Å². The molecule has 1 aliphatic rings. The van der Waals surface area contributed by atoms with Gasteiger partial charge in [-0.15, -0.1) is 0 Å². The van der Waals surface area contributed by atoms with Crippen LogP contribution in [0.3, 0.4) is 0 Å². The SMILES string of the molecule is Cc1ccc(C(=O)NCC2CCCCC2CO)cc1. The number of carbonyl (C=O) groups excluding carboxylic acids is 1. The minimum atomic E-state index is -0.0118. The van der Waals surface area contributed by atoms with E-state index in [0.717, 1.165) is 18.4 Å². The highest BCUT2D eigenvalue weighted by atomic mass is 16.3. The van der Waals surface area contributed by atoms with Crippen molar-refractivity contribution in [1.29, 1.82) is 0 Å². The van der Waals surface area contributed by atoms with E-state index in [1.807, 2.05) is 31.2 Å². The van der Waals surface area contributed by atoms with E-state index < -0.39 is 0 Å². The lowest BCUT2D eigenvalue weighted by atomic mass is 9.79. The molecule has 1 amide bonds. The fourth-order valence-electron chi connectivity index (χ4n) is 2.82. The lowest BCUT2D eigenvalue weighted by Gasteiger charge is -2.30. The number of aliphatic hydroxyl groups excluding tert-OH is 1. The molecule has 19 heavy (non-hydrogen) atoms. The van der Waals surface area contributed by atoms with Gasteiger partial charge in [0.2, 0.25) is 0 Å². The van der Waals surface area contributed by atoms with Gasteiger partial charge in [-0.25, -0.2) is 0 Å². The van der Waals surface area contributed by atoms with Crippen LogP contribution in [0.15, 0.2) is 24.3 Å². The molecule has 0 spiro atoms. The van der Waals surface area contributed by atoms with Crippen molar-refractivity contribution in [2.75, 3.05) is 13.2 Å². The Labute approximate surface area is 115 Å². The van der Waals surface area contributed by atoms with Crippen molar-refractivity contribution in [2.24, 2.45) is 11.8 Å². The summed E-state index contributed by atoms with van der Waals surface area (Å²) in [5.74, 6) is 0.766. The molecule has 0 aliphatic heterocycles. The predicted octanol–water partition coefficient (Wildman–Crippen LogP) is 2.52. The Hall–Kier alpha value is -1.35. The van der Waals surface area contributed by atoms with Crippen molar-refractivity contribution < 1.29 is 9.90 Å². The van der Waals surface area contributed by atoms with E-state index in [1.165, 1.54) is 12.8 Å². The maximum atomic E-state index is 12.0. The Balaban J connectivity index is 1.87. The Morgan fingerprint density at radius 3 is 2.47 bits per heavy atom. The number of benzene rings is 1. The first kappa shape index (κ1) is 14.1. The highest BCUT2D eigenvalue weighted by Gasteiger charge is 2.24. The molecule has 1 aromatic carbocycles. The van der Waals surface area contributed by atoms with Crippen molar-refractivity contribution in [3.63, 3.8) is 0 Å². The second kappa shape index (κ2) is 6.71.